The third-order valence-electron chi connectivity index (χ3n) is 3.07. The normalized spacial score (nSPS) is 9.65. The topological polar surface area (TPSA) is 127 Å². The van der Waals surface area contributed by atoms with Crippen molar-refractivity contribution >= 4 is 11.9 Å². The van der Waals surface area contributed by atoms with Crippen LogP contribution >= 0.6 is 0 Å². The summed E-state index contributed by atoms with van der Waals surface area (Å²) >= 11 is 0. The molecule has 0 atom stereocenters. The molecule has 0 saturated carbocycles. The first-order valence-corrected chi connectivity index (χ1v) is 7.02. The molecule has 2 aromatic rings. The molecule has 6 N–H and O–H groups in total. The summed E-state index contributed by atoms with van der Waals surface area (Å²) in [4.78, 5) is 20.8. The number of hydrogen-bond acceptors (Lipinski definition) is 4. The summed E-state index contributed by atoms with van der Waals surface area (Å²) in [5.41, 5.74) is 13.3. The summed E-state index contributed by atoms with van der Waals surface area (Å²) in [6, 6.07) is 13.3. The smallest absolute Gasteiger partial charge is 0.335 e. The molecule has 0 aliphatic heterocycles. The molecule has 122 valence electrons. The second kappa shape index (κ2) is 9.34. The largest absolute Gasteiger partial charge is 0.478 e. The molecular formula is C17H20N2O4. The minimum Gasteiger partial charge on any atom is -0.478 e. The molecule has 0 aliphatic rings. The summed E-state index contributed by atoms with van der Waals surface area (Å²) in [7, 11) is 0. The van der Waals surface area contributed by atoms with Crippen molar-refractivity contribution in [1.29, 1.82) is 0 Å². The van der Waals surface area contributed by atoms with Gasteiger partial charge in [-0.25, -0.2) is 9.59 Å². The Balaban J connectivity index is 0.000000231. The monoisotopic (exact) mass is 316 g/mol. The van der Waals surface area contributed by atoms with Crippen molar-refractivity contribution in [2.24, 2.45) is 11.5 Å². The van der Waals surface area contributed by atoms with Gasteiger partial charge in [0, 0.05) is 6.54 Å². The molecule has 0 heterocycles. The SMILES string of the molecule is NCCc1ccc(C(=O)O)cc1.NCc1ccc(C(=O)O)cc1. The highest BCUT2D eigenvalue weighted by atomic mass is 16.4. The summed E-state index contributed by atoms with van der Waals surface area (Å²) in [5.74, 6) is -1.80. The first-order valence-electron chi connectivity index (χ1n) is 7.02. The molecule has 6 nitrogen and oxygen atoms in total. The van der Waals surface area contributed by atoms with E-state index in [4.69, 9.17) is 21.7 Å². The zero-order valence-electron chi connectivity index (χ0n) is 12.6. The number of nitrogens with two attached hydrogens (primary N) is 2. The average Bonchev–Trinajstić information content (AvgIpc) is 2.56. The van der Waals surface area contributed by atoms with Crippen LogP contribution in [0.15, 0.2) is 48.5 Å². The highest BCUT2D eigenvalue weighted by Gasteiger charge is 2.00. The van der Waals surface area contributed by atoms with Gasteiger partial charge in [-0.15, -0.1) is 0 Å². The number of rotatable bonds is 5. The molecule has 0 spiro atoms. The number of benzene rings is 2. The number of aromatic carboxylic acids is 2. The molecular weight excluding hydrogens is 296 g/mol. The van der Waals surface area contributed by atoms with Crippen LogP contribution in [0, 0.1) is 0 Å². The molecule has 0 radical (unpaired) electrons. The van der Waals surface area contributed by atoms with Gasteiger partial charge < -0.3 is 21.7 Å². The minimum absolute atomic E-state index is 0.294. The fraction of sp³-hybridized carbons (Fsp3) is 0.176. The van der Waals surface area contributed by atoms with Crippen LogP contribution in [0.5, 0.6) is 0 Å². The number of carboxylic acids is 2. The summed E-state index contributed by atoms with van der Waals surface area (Å²) in [6.07, 6.45) is 0.792. The third-order valence-corrected chi connectivity index (χ3v) is 3.07. The molecule has 6 heteroatoms. The molecule has 0 unspecified atom stereocenters. The molecule has 0 fully saturated rings. The molecule has 0 amide bonds. The average molecular weight is 316 g/mol. The van der Waals surface area contributed by atoms with Crippen molar-refractivity contribution < 1.29 is 19.8 Å². The van der Waals surface area contributed by atoms with Gasteiger partial charge in [-0.3, -0.25) is 0 Å². The van der Waals surface area contributed by atoms with E-state index in [2.05, 4.69) is 0 Å². The van der Waals surface area contributed by atoms with Gasteiger partial charge in [-0.1, -0.05) is 24.3 Å². The van der Waals surface area contributed by atoms with Crippen LogP contribution in [-0.4, -0.2) is 28.7 Å². The molecule has 0 bridgehead atoms. The van der Waals surface area contributed by atoms with Crippen molar-refractivity contribution in [2.75, 3.05) is 6.54 Å². The fourth-order valence-electron chi connectivity index (χ4n) is 1.76. The van der Waals surface area contributed by atoms with Crippen molar-refractivity contribution in [3.05, 3.63) is 70.8 Å². The van der Waals surface area contributed by atoms with Crippen LogP contribution in [-0.2, 0) is 13.0 Å². The quantitative estimate of drug-likeness (QED) is 0.665. The fourth-order valence-corrected chi connectivity index (χ4v) is 1.76. The first-order chi connectivity index (χ1) is 11.0. The molecule has 23 heavy (non-hydrogen) atoms. The minimum atomic E-state index is -0.909. The van der Waals surface area contributed by atoms with E-state index in [1.807, 2.05) is 0 Å². The number of carboxylic acid groups (broad SMARTS) is 2. The zero-order valence-corrected chi connectivity index (χ0v) is 12.6. The van der Waals surface area contributed by atoms with Crippen molar-refractivity contribution in [3.8, 4) is 0 Å². The van der Waals surface area contributed by atoms with E-state index in [1.165, 1.54) is 0 Å². The number of carbonyl (C=O) groups is 2. The van der Waals surface area contributed by atoms with Crippen LogP contribution < -0.4 is 11.5 Å². The van der Waals surface area contributed by atoms with Gasteiger partial charge in [0.05, 0.1) is 11.1 Å². The predicted octanol–water partition coefficient (Wildman–Crippen LogP) is 1.73. The second-order valence-corrected chi connectivity index (χ2v) is 4.75. The second-order valence-electron chi connectivity index (χ2n) is 4.75. The van der Waals surface area contributed by atoms with Crippen LogP contribution in [0.3, 0.4) is 0 Å². The van der Waals surface area contributed by atoms with Crippen molar-refractivity contribution in [1.82, 2.24) is 0 Å². The van der Waals surface area contributed by atoms with E-state index in [-0.39, 0.29) is 0 Å². The van der Waals surface area contributed by atoms with Crippen molar-refractivity contribution in [2.45, 2.75) is 13.0 Å². The van der Waals surface area contributed by atoms with Crippen LogP contribution in [0.25, 0.3) is 0 Å². The van der Waals surface area contributed by atoms with Crippen LogP contribution in [0.4, 0.5) is 0 Å². The van der Waals surface area contributed by atoms with Gasteiger partial charge in [0.2, 0.25) is 0 Å². The molecule has 2 rings (SSSR count). The molecule has 2 aromatic carbocycles. The zero-order chi connectivity index (χ0) is 17.2. The van der Waals surface area contributed by atoms with Crippen LogP contribution in [0.2, 0.25) is 0 Å². The summed E-state index contributed by atoms with van der Waals surface area (Å²) in [6.45, 7) is 1.03. The Labute approximate surface area is 134 Å². The molecule has 0 aromatic heterocycles. The predicted molar refractivity (Wildman–Crippen MR) is 87.5 cm³/mol. The lowest BCUT2D eigenvalue weighted by Gasteiger charge is -1.98. The van der Waals surface area contributed by atoms with E-state index < -0.39 is 11.9 Å². The lowest BCUT2D eigenvalue weighted by atomic mass is 10.1. The van der Waals surface area contributed by atoms with Gasteiger partial charge >= 0.3 is 11.9 Å². The lowest BCUT2D eigenvalue weighted by Crippen LogP contribution is -2.03. The Morgan fingerprint density at radius 2 is 1.13 bits per heavy atom. The summed E-state index contributed by atoms with van der Waals surface area (Å²) in [5, 5.41) is 17.1. The standard InChI is InChI=1S/C9H11NO2.C8H9NO2/c10-6-5-7-1-3-8(4-2-7)9(11)12;9-5-6-1-3-7(4-2-6)8(10)11/h1-4H,5-6,10H2,(H,11,12);1-4H,5,9H2,(H,10,11). The Morgan fingerprint density at radius 1 is 0.739 bits per heavy atom. The van der Waals surface area contributed by atoms with E-state index in [9.17, 15) is 9.59 Å². The first kappa shape index (κ1) is 18.3. The van der Waals surface area contributed by atoms with Gasteiger partial charge in [-0.05, 0) is 48.4 Å². The lowest BCUT2D eigenvalue weighted by molar-refractivity contribution is 0.0686. The Kier molecular flexibility index (Phi) is 7.45. The number of hydrogen-bond donors (Lipinski definition) is 4. The van der Waals surface area contributed by atoms with Crippen LogP contribution in [0.1, 0.15) is 31.8 Å². The van der Waals surface area contributed by atoms with Gasteiger partial charge in [0.1, 0.15) is 0 Å². The van der Waals surface area contributed by atoms with Gasteiger partial charge in [-0.2, -0.15) is 0 Å². The van der Waals surface area contributed by atoms with Gasteiger partial charge in [0.25, 0.3) is 0 Å². The maximum atomic E-state index is 10.4. The Bertz CT molecular complexity index is 637. The van der Waals surface area contributed by atoms with E-state index in [0.717, 1.165) is 17.5 Å². The maximum Gasteiger partial charge on any atom is 0.335 e. The summed E-state index contributed by atoms with van der Waals surface area (Å²) < 4.78 is 0. The van der Waals surface area contributed by atoms with Gasteiger partial charge in [0.15, 0.2) is 0 Å². The maximum absolute atomic E-state index is 10.4. The molecule has 0 aliphatic carbocycles. The molecule has 0 saturated heterocycles. The highest BCUT2D eigenvalue weighted by molar-refractivity contribution is 5.87. The Morgan fingerprint density at radius 3 is 1.43 bits per heavy atom. The van der Waals surface area contributed by atoms with E-state index in [1.54, 1.807) is 48.5 Å². The van der Waals surface area contributed by atoms with E-state index in [0.29, 0.717) is 24.2 Å². The Hall–Kier alpha value is -2.70. The van der Waals surface area contributed by atoms with E-state index >= 15 is 0 Å². The highest BCUT2D eigenvalue weighted by Crippen LogP contribution is 2.04. The van der Waals surface area contributed by atoms with Crippen molar-refractivity contribution in [3.63, 3.8) is 0 Å². The third kappa shape index (κ3) is 6.29.